The van der Waals surface area contributed by atoms with Gasteiger partial charge in [-0.15, -0.1) is 5.10 Å². The van der Waals surface area contributed by atoms with E-state index in [4.69, 9.17) is 0 Å². The van der Waals surface area contributed by atoms with Crippen LogP contribution in [0.25, 0.3) is 0 Å². The molecular formula is C14H20N8OS. The maximum absolute atomic E-state index is 12.1. The number of carbonyl (C=O) groups excluding carboxylic acids is 1. The van der Waals surface area contributed by atoms with Crippen LogP contribution in [0.15, 0.2) is 5.16 Å². The number of hydrogen-bond acceptors (Lipinski definition) is 8. The third kappa shape index (κ3) is 3.48. The van der Waals surface area contributed by atoms with Crippen molar-refractivity contribution in [2.24, 2.45) is 7.05 Å². The van der Waals surface area contributed by atoms with Gasteiger partial charge in [0.1, 0.15) is 17.3 Å². The summed E-state index contributed by atoms with van der Waals surface area (Å²) in [5.74, 6) is 2.26. The normalized spacial score (nSPS) is 13.8. The predicted molar refractivity (Wildman–Crippen MR) is 90.2 cm³/mol. The number of nitrogens with zero attached hydrogens (tertiary/aromatic N) is 6. The summed E-state index contributed by atoms with van der Waals surface area (Å²) in [6.07, 6.45) is 0.738. The average molecular weight is 348 g/mol. The van der Waals surface area contributed by atoms with Crippen LogP contribution in [0.3, 0.4) is 0 Å². The molecule has 0 saturated heterocycles. The monoisotopic (exact) mass is 348 g/mol. The zero-order valence-electron chi connectivity index (χ0n) is 13.9. The first-order valence-electron chi connectivity index (χ1n) is 7.84. The van der Waals surface area contributed by atoms with Gasteiger partial charge in [0.05, 0.1) is 0 Å². The largest absolute Gasteiger partial charge is 0.369 e. The summed E-state index contributed by atoms with van der Waals surface area (Å²) in [4.78, 5) is 21.1. The highest BCUT2D eigenvalue weighted by Crippen LogP contribution is 2.23. The molecule has 0 fully saturated rings. The van der Waals surface area contributed by atoms with Gasteiger partial charge in [-0.1, -0.05) is 25.6 Å². The first kappa shape index (κ1) is 16.6. The Morgan fingerprint density at radius 3 is 2.92 bits per heavy atom. The standard InChI is InChI=1S/C14H20N8OS/c1-8(2)11-17-10-9(4-5-16-13(10)23)12(18-11)15-6-7-24-14-19-20-21-22(14)3/h8H,4-7H2,1-3H3,(H,16,23)(H,15,17,18). The second-order valence-electron chi connectivity index (χ2n) is 5.78. The Bertz CT molecular complexity index is 744. The molecule has 2 aromatic rings. The molecule has 3 rings (SSSR count). The predicted octanol–water partition coefficient (Wildman–Crippen LogP) is 0.614. The van der Waals surface area contributed by atoms with Gasteiger partial charge in [-0.25, -0.2) is 14.6 Å². The number of carbonyl (C=O) groups is 1. The molecule has 0 bridgehead atoms. The van der Waals surface area contributed by atoms with Gasteiger partial charge >= 0.3 is 0 Å². The zero-order chi connectivity index (χ0) is 17.1. The number of aromatic nitrogens is 6. The number of nitrogens with one attached hydrogen (secondary N) is 2. The van der Waals surface area contributed by atoms with Crippen molar-refractivity contribution < 1.29 is 4.79 Å². The van der Waals surface area contributed by atoms with E-state index in [2.05, 4.69) is 36.1 Å². The summed E-state index contributed by atoms with van der Waals surface area (Å²) in [6.45, 7) is 5.34. The number of anilines is 1. The summed E-state index contributed by atoms with van der Waals surface area (Å²) < 4.78 is 1.64. The minimum Gasteiger partial charge on any atom is -0.369 e. The number of tetrazole rings is 1. The molecule has 128 valence electrons. The molecule has 1 aliphatic rings. The van der Waals surface area contributed by atoms with Crippen LogP contribution in [0, 0.1) is 0 Å². The molecule has 2 N–H and O–H groups in total. The van der Waals surface area contributed by atoms with Gasteiger partial charge < -0.3 is 10.6 Å². The van der Waals surface area contributed by atoms with Gasteiger partial charge in [0, 0.05) is 37.4 Å². The van der Waals surface area contributed by atoms with Crippen LogP contribution in [0.1, 0.15) is 41.6 Å². The van der Waals surface area contributed by atoms with E-state index in [1.165, 1.54) is 0 Å². The van der Waals surface area contributed by atoms with Crippen molar-refractivity contribution in [1.82, 2.24) is 35.5 Å². The number of hydrogen-bond donors (Lipinski definition) is 2. The van der Waals surface area contributed by atoms with E-state index in [9.17, 15) is 4.79 Å². The van der Waals surface area contributed by atoms with Crippen molar-refractivity contribution in [3.8, 4) is 0 Å². The maximum atomic E-state index is 12.1. The van der Waals surface area contributed by atoms with Crippen molar-refractivity contribution in [3.63, 3.8) is 0 Å². The smallest absolute Gasteiger partial charge is 0.270 e. The van der Waals surface area contributed by atoms with Gasteiger partial charge in [-0.2, -0.15) is 0 Å². The molecule has 3 heterocycles. The molecule has 24 heavy (non-hydrogen) atoms. The van der Waals surface area contributed by atoms with E-state index < -0.39 is 0 Å². The van der Waals surface area contributed by atoms with Crippen molar-refractivity contribution in [2.75, 3.05) is 24.2 Å². The van der Waals surface area contributed by atoms with Crippen LogP contribution in [0.2, 0.25) is 0 Å². The molecule has 1 amide bonds. The highest BCUT2D eigenvalue weighted by atomic mass is 32.2. The molecule has 0 aromatic carbocycles. The summed E-state index contributed by atoms with van der Waals surface area (Å²) in [5.41, 5.74) is 1.39. The minimum atomic E-state index is -0.122. The van der Waals surface area contributed by atoms with Crippen LogP contribution in [0.4, 0.5) is 5.82 Å². The molecule has 0 saturated carbocycles. The van der Waals surface area contributed by atoms with Crippen LogP contribution in [-0.2, 0) is 13.5 Å². The SMILES string of the molecule is CC(C)c1nc(NCCSc2nnnn2C)c2c(n1)C(=O)NCC2. The van der Waals surface area contributed by atoms with Crippen LogP contribution >= 0.6 is 11.8 Å². The van der Waals surface area contributed by atoms with E-state index in [-0.39, 0.29) is 11.8 Å². The molecule has 0 aliphatic carbocycles. The topological polar surface area (TPSA) is 111 Å². The van der Waals surface area contributed by atoms with Crippen LogP contribution < -0.4 is 10.6 Å². The molecule has 0 radical (unpaired) electrons. The first-order valence-corrected chi connectivity index (χ1v) is 8.83. The molecule has 9 nitrogen and oxygen atoms in total. The fourth-order valence-corrected chi connectivity index (χ4v) is 3.07. The first-order chi connectivity index (χ1) is 11.6. The molecule has 0 unspecified atom stereocenters. The van der Waals surface area contributed by atoms with Gasteiger partial charge in [0.15, 0.2) is 0 Å². The second-order valence-corrected chi connectivity index (χ2v) is 6.84. The Labute approximate surface area is 144 Å². The van der Waals surface area contributed by atoms with Crippen LogP contribution in [0.5, 0.6) is 0 Å². The molecular weight excluding hydrogens is 328 g/mol. The molecule has 2 aromatic heterocycles. The quantitative estimate of drug-likeness (QED) is 0.577. The van der Waals surface area contributed by atoms with E-state index in [1.807, 2.05) is 20.9 Å². The number of rotatable bonds is 6. The van der Waals surface area contributed by atoms with Crippen molar-refractivity contribution in [2.45, 2.75) is 31.3 Å². The van der Waals surface area contributed by atoms with Gasteiger partial charge in [-0.05, 0) is 16.8 Å². The Balaban J connectivity index is 1.72. The molecule has 0 spiro atoms. The molecule has 0 atom stereocenters. The summed E-state index contributed by atoms with van der Waals surface area (Å²) in [5, 5.41) is 18.3. The van der Waals surface area contributed by atoms with E-state index >= 15 is 0 Å². The molecule has 10 heteroatoms. The fourth-order valence-electron chi connectivity index (χ4n) is 2.37. The van der Waals surface area contributed by atoms with Crippen molar-refractivity contribution >= 4 is 23.5 Å². The highest BCUT2D eigenvalue weighted by Gasteiger charge is 2.24. The summed E-state index contributed by atoms with van der Waals surface area (Å²) in [7, 11) is 1.81. The lowest BCUT2D eigenvalue weighted by Crippen LogP contribution is -2.34. The highest BCUT2D eigenvalue weighted by molar-refractivity contribution is 7.99. The maximum Gasteiger partial charge on any atom is 0.270 e. The van der Waals surface area contributed by atoms with Gasteiger partial charge in [0.25, 0.3) is 5.91 Å². The Kier molecular flexibility index (Phi) is 4.93. The third-order valence-electron chi connectivity index (χ3n) is 3.62. The zero-order valence-corrected chi connectivity index (χ0v) is 14.7. The summed E-state index contributed by atoms with van der Waals surface area (Å²) in [6, 6.07) is 0. The Morgan fingerprint density at radius 1 is 1.38 bits per heavy atom. The van der Waals surface area contributed by atoms with Crippen molar-refractivity contribution in [3.05, 3.63) is 17.1 Å². The lowest BCUT2D eigenvalue weighted by molar-refractivity contribution is 0.0940. The fraction of sp³-hybridized carbons (Fsp3) is 0.571. The number of aryl methyl sites for hydroxylation is 1. The Morgan fingerprint density at radius 2 is 2.21 bits per heavy atom. The minimum absolute atomic E-state index is 0.122. The molecule has 1 aliphatic heterocycles. The van der Waals surface area contributed by atoms with Crippen LogP contribution in [-0.4, -0.2) is 54.9 Å². The average Bonchev–Trinajstić information content (AvgIpc) is 2.97. The second kappa shape index (κ2) is 7.12. The number of thioether (sulfide) groups is 1. The van der Waals surface area contributed by atoms with Crippen molar-refractivity contribution in [1.29, 1.82) is 0 Å². The van der Waals surface area contributed by atoms with E-state index in [0.29, 0.717) is 24.6 Å². The Hall–Kier alpha value is -2.23. The lowest BCUT2D eigenvalue weighted by atomic mass is 10.1. The number of fused-ring (bicyclic) bond motifs is 1. The van der Waals surface area contributed by atoms with E-state index in [0.717, 1.165) is 28.7 Å². The summed E-state index contributed by atoms with van der Waals surface area (Å²) >= 11 is 1.56. The van der Waals surface area contributed by atoms with Gasteiger partial charge in [0.2, 0.25) is 5.16 Å². The third-order valence-corrected chi connectivity index (χ3v) is 4.64. The lowest BCUT2D eigenvalue weighted by Gasteiger charge is -2.20. The van der Waals surface area contributed by atoms with E-state index in [1.54, 1.807) is 16.4 Å². The number of amides is 1. The van der Waals surface area contributed by atoms with Gasteiger partial charge in [-0.3, -0.25) is 4.79 Å².